The highest BCUT2D eigenvalue weighted by Gasteiger charge is 2.19. The lowest BCUT2D eigenvalue weighted by Gasteiger charge is -2.12. The fourth-order valence-electron chi connectivity index (χ4n) is 4.11. The molecule has 0 unspecified atom stereocenters. The smallest absolute Gasteiger partial charge is 0.247 e. The molecular weight excluding hydrogens is 492 g/mol. The van der Waals surface area contributed by atoms with Gasteiger partial charge in [0.1, 0.15) is 0 Å². The Bertz CT molecular complexity index is 1430. The maximum absolute atomic E-state index is 6.55. The number of hydrogen-bond donors (Lipinski definition) is 0. The van der Waals surface area contributed by atoms with E-state index in [4.69, 9.17) is 16.0 Å². The van der Waals surface area contributed by atoms with Crippen LogP contribution in [0, 0.1) is 0 Å². The number of pyridine rings is 1. The number of rotatable bonds is 9. The van der Waals surface area contributed by atoms with Crippen molar-refractivity contribution in [1.82, 2.24) is 29.9 Å². The molecule has 0 N–H and O–H groups in total. The first-order chi connectivity index (χ1) is 17.7. The minimum Gasteiger partial charge on any atom is -0.420 e. The Labute approximate surface area is 219 Å². The van der Waals surface area contributed by atoms with Gasteiger partial charge in [-0.3, -0.25) is 9.55 Å². The van der Waals surface area contributed by atoms with Gasteiger partial charge in [0.05, 0.1) is 16.5 Å². The fourth-order valence-corrected chi connectivity index (χ4v) is 5.12. The van der Waals surface area contributed by atoms with E-state index in [1.54, 1.807) is 12.4 Å². The summed E-state index contributed by atoms with van der Waals surface area (Å²) in [6.07, 6.45) is 5.70. The van der Waals surface area contributed by atoms with Gasteiger partial charge in [0, 0.05) is 23.5 Å². The summed E-state index contributed by atoms with van der Waals surface area (Å²) in [7, 11) is 0. The second kappa shape index (κ2) is 11.1. The largest absolute Gasteiger partial charge is 0.420 e. The molecule has 0 aliphatic carbocycles. The Kier molecular flexibility index (Phi) is 7.44. The molecule has 0 saturated carbocycles. The molecule has 0 saturated heterocycles. The van der Waals surface area contributed by atoms with Crippen molar-refractivity contribution in [2.75, 3.05) is 0 Å². The minimum atomic E-state index is 0.442. The van der Waals surface area contributed by atoms with Crippen LogP contribution in [0.25, 0.3) is 28.5 Å². The topological polar surface area (TPSA) is 82.5 Å². The monoisotopic (exact) mass is 516 g/mol. The Hall–Kier alpha value is -3.49. The number of para-hydroxylation sites is 1. The molecule has 5 rings (SSSR count). The van der Waals surface area contributed by atoms with E-state index in [1.807, 2.05) is 53.1 Å². The van der Waals surface area contributed by atoms with Gasteiger partial charge in [-0.2, -0.15) is 0 Å². The van der Waals surface area contributed by atoms with Crippen LogP contribution in [-0.4, -0.2) is 29.9 Å². The summed E-state index contributed by atoms with van der Waals surface area (Å²) in [5.41, 5.74) is 3.93. The Morgan fingerprint density at radius 1 is 0.861 bits per heavy atom. The maximum atomic E-state index is 6.55. The molecule has 0 spiro atoms. The molecule has 182 valence electrons. The quantitative estimate of drug-likeness (QED) is 0.191. The van der Waals surface area contributed by atoms with Gasteiger partial charge in [-0.25, -0.2) is 0 Å². The predicted octanol–water partition coefficient (Wildman–Crippen LogP) is 7.23. The fraction of sp³-hybridized carbons (Fsp3) is 0.222. The first kappa shape index (κ1) is 24.2. The molecule has 2 aromatic carbocycles. The summed E-state index contributed by atoms with van der Waals surface area (Å²) in [6, 6.07) is 19.8. The third-order valence-electron chi connectivity index (χ3n) is 6.07. The molecular formula is C27H25ClN6OS. The molecule has 7 nitrogen and oxygen atoms in total. The van der Waals surface area contributed by atoms with Crippen molar-refractivity contribution < 1.29 is 4.42 Å². The number of hydrogen-bond acceptors (Lipinski definition) is 7. The van der Waals surface area contributed by atoms with Crippen molar-refractivity contribution >= 4 is 23.4 Å². The van der Waals surface area contributed by atoms with E-state index in [0.717, 1.165) is 29.7 Å². The summed E-state index contributed by atoms with van der Waals surface area (Å²) in [5, 5.41) is 18.7. The van der Waals surface area contributed by atoms with Crippen molar-refractivity contribution in [2.45, 2.75) is 43.5 Å². The number of halogens is 1. The highest BCUT2D eigenvalue weighted by molar-refractivity contribution is 7.98. The van der Waals surface area contributed by atoms with Gasteiger partial charge in [-0.05, 0) is 60.7 Å². The molecule has 3 aromatic heterocycles. The van der Waals surface area contributed by atoms with Crippen LogP contribution in [0.15, 0.2) is 82.6 Å². The van der Waals surface area contributed by atoms with Crippen LogP contribution in [0.1, 0.15) is 44.1 Å². The number of nitrogens with zero attached hydrogens (tertiary/aromatic N) is 6. The standard InChI is InChI=1S/C27H25ClN6OS/c1-3-18(4-2)19-9-11-21(12-10-19)26-32-30-24(35-26)17-36-27-33-31-25(20-13-15-29-16-14-20)34(27)23-8-6-5-7-22(23)28/h5-16,18H,3-4,17H2,1-2H3. The molecule has 0 aliphatic heterocycles. The SMILES string of the molecule is CCC(CC)c1ccc(-c2nnc(CSc3nnc(-c4ccncc4)n3-c3ccccc3Cl)o2)cc1. The molecule has 0 fully saturated rings. The van der Waals surface area contributed by atoms with E-state index in [0.29, 0.717) is 39.5 Å². The van der Waals surface area contributed by atoms with Gasteiger partial charge < -0.3 is 4.42 Å². The normalized spacial score (nSPS) is 11.3. The summed E-state index contributed by atoms with van der Waals surface area (Å²) in [6.45, 7) is 4.44. The molecule has 5 aromatic rings. The van der Waals surface area contributed by atoms with Gasteiger partial charge in [0.25, 0.3) is 0 Å². The lowest BCUT2D eigenvalue weighted by Crippen LogP contribution is -2.00. The Morgan fingerprint density at radius 2 is 1.61 bits per heavy atom. The van der Waals surface area contributed by atoms with E-state index in [1.165, 1.54) is 17.3 Å². The zero-order valence-electron chi connectivity index (χ0n) is 20.0. The van der Waals surface area contributed by atoms with Crippen LogP contribution >= 0.6 is 23.4 Å². The molecule has 36 heavy (non-hydrogen) atoms. The second-order valence-electron chi connectivity index (χ2n) is 8.25. The second-order valence-corrected chi connectivity index (χ2v) is 9.60. The van der Waals surface area contributed by atoms with E-state index in [9.17, 15) is 0 Å². The number of aromatic nitrogens is 6. The predicted molar refractivity (Wildman–Crippen MR) is 142 cm³/mol. The van der Waals surface area contributed by atoms with Gasteiger partial charge in [-0.1, -0.05) is 61.5 Å². The lowest BCUT2D eigenvalue weighted by molar-refractivity contribution is 0.528. The zero-order chi connectivity index (χ0) is 24.9. The zero-order valence-corrected chi connectivity index (χ0v) is 21.6. The van der Waals surface area contributed by atoms with Crippen LogP contribution in [0.4, 0.5) is 0 Å². The Morgan fingerprint density at radius 3 is 2.33 bits per heavy atom. The van der Waals surface area contributed by atoms with Crippen molar-refractivity contribution in [3.05, 3.63) is 89.5 Å². The summed E-state index contributed by atoms with van der Waals surface area (Å²) >= 11 is 8.00. The van der Waals surface area contributed by atoms with Crippen molar-refractivity contribution in [1.29, 1.82) is 0 Å². The lowest BCUT2D eigenvalue weighted by atomic mass is 9.93. The Balaban J connectivity index is 1.38. The van der Waals surface area contributed by atoms with Crippen molar-refractivity contribution in [3.8, 4) is 28.5 Å². The first-order valence-electron chi connectivity index (χ1n) is 11.8. The summed E-state index contributed by atoms with van der Waals surface area (Å²) in [4.78, 5) is 4.11. The molecule has 0 radical (unpaired) electrons. The molecule has 0 aliphatic rings. The van der Waals surface area contributed by atoms with Gasteiger partial charge in [0.15, 0.2) is 11.0 Å². The number of benzene rings is 2. The van der Waals surface area contributed by atoms with Crippen LogP contribution in [-0.2, 0) is 5.75 Å². The molecule has 0 bridgehead atoms. The van der Waals surface area contributed by atoms with Crippen LogP contribution in [0.2, 0.25) is 5.02 Å². The average Bonchev–Trinajstić information content (AvgIpc) is 3.57. The van der Waals surface area contributed by atoms with Crippen LogP contribution in [0.5, 0.6) is 0 Å². The summed E-state index contributed by atoms with van der Waals surface area (Å²) < 4.78 is 7.91. The third kappa shape index (κ3) is 5.05. The highest BCUT2D eigenvalue weighted by atomic mass is 35.5. The molecule has 0 amide bonds. The van der Waals surface area contributed by atoms with E-state index in [-0.39, 0.29) is 0 Å². The number of thioether (sulfide) groups is 1. The van der Waals surface area contributed by atoms with Gasteiger partial charge in [0.2, 0.25) is 11.8 Å². The first-order valence-corrected chi connectivity index (χ1v) is 13.2. The highest BCUT2D eigenvalue weighted by Crippen LogP contribution is 2.33. The van der Waals surface area contributed by atoms with E-state index >= 15 is 0 Å². The van der Waals surface area contributed by atoms with E-state index < -0.39 is 0 Å². The van der Waals surface area contributed by atoms with Gasteiger partial charge in [-0.15, -0.1) is 20.4 Å². The summed E-state index contributed by atoms with van der Waals surface area (Å²) in [5.74, 6) is 2.71. The van der Waals surface area contributed by atoms with Crippen molar-refractivity contribution in [2.24, 2.45) is 0 Å². The molecule has 0 atom stereocenters. The van der Waals surface area contributed by atoms with Crippen molar-refractivity contribution in [3.63, 3.8) is 0 Å². The van der Waals surface area contributed by atoms with Crippen LogP contribution < -0.4 is 0 Å². The average molecular weight is 517 g/mol. The van der Waals surface area contributed by atoms with Crippen LogP contribution in [0.3, 0.4) is 0 Å². The molecule has 3 heterocycles. The van der Waals surface area contributed by atoms with E-state index in [2.05, 4.69) is 51.4 Å². The maximum Gasteiger partial charge on any atom is 0.247 e. The minimum absolute atomic E-state index is 0.442. The molecule has 9 heteroatoms. The third-order valence-corrected chi connectivity index (χ3v) is 7.30. The van der Waals surface area contributed by atoms with Gasteiger partial charge >= 0.3 is 0 Å².